The number of amides is 2. The summed E-state index contributed by atoms with van der Waals surface area (Å²) in [6.45, 7) is 3.59. The van der Waals surface area contributed by atoms with Crippen molar-refractivity contribution < 1.29 is 9.59 Å². The lowest BCUT2D eigenvalue weighted by Crippen LogP contribution is -2.48. The Morgan fingerprint density at radius 1 is 1.42 bits per heavy atom. The van der Waals surface area contributed by atoms with Gasteiger partial charge in [0.1, 0.15) is 0 Å². The molecule has 0 aliphatic heterocycles. The number of benzene rings is 1. The lowest BCUT2D eigenvalue weighted by molar-refractivity contribution is -0.120. The number of anilines is 1. The van der Waals surface area contributed by atoms with Crippen LogP contribution < -0.4 is 16.8 Å². The standard InChI is InChI=1S/C13H18ClN3O2/c1-3-6-13(2,16)12(19)17-10-7-8(11(15)18)4-5-9(10)14/h4-5,7H,3,6,16H2,1-2H3,(H2,15,18)(H,17,19). The van der Waals surface area contributed by atoms with Gasteiger partial charge in [-0.15, -0.1) is 0 Å². The van der Waals surface area contributed by atoms with Gasteiger partial charge in [0.25, 0.3) is 0 Å². The minimum atomic E-state index is -0.985. The van der Waals surface area contributed by atoms with Crippen LogP contribution in [-0.4, -0.2) is 17.4 Å². The average molecular weight is 284 g/mol. The summed E-state index contributed by atoms with van der Waals surface area (Å²) in [5.41, 5.74) is 10.7. The van der Waals surface area contributed by atoms with Crippen molar-refractivity contribution in [1.82, 2.24) is 0 Å². The van der Waals surface area contributed by atoms with Crippen molar-refractivity contribution in [2.24, 2.45) is 11.5 Å². The lowest BCUT2D eigenvalue weighted by Gasteiger charge is -2.23. The van der Waals surface area contributed by atoms with Crippen molar-refractivity contribution in [2.75, 3.05) is 5.32 Å². The summed E-state index contributed by atoms with van der Waals surface area (Å²) in [6.07, 6.45) is 1.33. The Labute approximate surface area is 117 Å². The van der Waals surface area contributed by atoms with Crippen LogP contribution in [0.2, 0.25) is 5.02 Å². The Morgan fingerprint density at radius 2 is 2.05 bits per heavy atom. The van der Waals surface area contributed by atoms with Crippen molar-refractivity contribution in [2.45, 2.75) is 32.2 Å². The zero-order chi connectivity index (χ0) is 14.6. The number of carbonyl (C=O) groups is 2. The first-order valence-electron chi connectivity index (χ1n) is 5.97. The van der Waals surface area contributed by atoms with E-state index in [2.05, 4.69) is 5.32 Å². The monoisotopic (exact) mass is 283 g/mol. The zero-order valence-corrected chi connectivity index (χ0v) is 11.8. The first-order valence-corrected chi connectivity index (χ1v) is 6.35. The number of rotatable bonds is 5. The third-order valence-corrected chi connectivity index (χ3v) is 3.12. The maximum absolute atomic E-state index is 12.0. The highest BCUT2D eigenvalue weighted by Crippen LogP contribution is 2.24. The van der Waals surface area contributed by atoms with Gasteiger partial charge in [0.05, 0.1) is 16.2 Å². The Morgan fingerprint density at radius 3 is 2.58 bits per heavy atom. The zero-order valence-electron chi connectivity index (χ0n) is 11.0. The second-order valence-corrected chi connectivity index (χ2v) is 5.09. The molecule has 0 aliphatic carbocycles. The van der Waals surface area contributed by atoms with E-state index in [1.54, 1.807) is 6.92 Å². The highest BCUT2D eigenvalue weighted by Gasteiger charge is 2.27. The second-order valence-electron chi connectivity index (χ2n) is 4.68. The summed E-state index contributed by atoms with van der Waals surface area (Å²) in [5, 5.41) is 2.95. The summed E-state index contributed by atoms with van der Waals surface area (Å²) >= 11 is 5.96. The quantitative estimate of drug-likeness (QED) is 0.769. The highest BCUT2D eigenvalue weighted by molar-refractivity contribution is 6.34. The third-order valence-electron chi connectivity index (χ3n) is 2.79. The van der Waals surface area contributed by atoms with Gasteiger partial charge < -0.3 is 16.8 Å². The fraction of sp³-hybridized carbons (Fsp3) is 0.385. The van der Waals surface area contributed by atoms with E-state index in [-0.39, 0.29) is 11.5 Å². The number of primary amides is 1. The Balaban J connectivity index is 2.96. The van der Waals surface area contributed by atoms with Gasteiger partial charge in [-0.25, -0.2) is 0 Å². The maximum Gasteiger partial charge on any atom is 0.248 e. The molecule has 1 atom stereocenters. The molecule has 0 saturated carbocycles. The number of hydrogen-bond acceptors (Lipinski definition) is 3. The van der Waals surface area contributed by atoms with E-state index >= 15 is 0 Å². The number of nitrogens with two attached hydrogens (primary N) is 2. The summed E-state index contributed by atoms with van der Waals surface area (Å²) in [6, 6.07) is 4.43. The van der Waals surface area contributed by atoms with Gasteiger partial charge in [0, 0.05) is 5.56 Å². The van der Waals surface area contributed by atoms with Crippen LogP contribution >= 0.6 is 11.6 Å². The molecule has 2 amide bonds. The molecule has 5 N–H and O–H groups in total. The van der Waals surface area contributed by atoms with E-state index in [4.69, 9.17) is 23.1 Å². The van der Waals surface area contributed by atoms with Crippen LogP contribution in [0.15, 0.2) is 18.2 Å². The molecule has 1 unspecified atom stereocenters. The van der Waals surface area contributed by atoms with E-state index in [0.29, 0.717) is 17.1 Å². The van der Waals surface area contributed by atoms with Gasteiger partial charge in [-0.3, -0.25) is 9.59 Å². The molecule has 0 bridgehead atoms. The van der Waals surface area contributed by atoms with Crippen molar-refractivity contribution in [1.29, 1.82) is 0 Å². The van der Waals surface area contributed by atoms with E-state index in [1.165, 1.54) is 18.2 Å². The molecule has 6 heteroatoms. The molecule has 1 aromatic rings. The van der Waals surface area contributed by atoms with Gasteiger partial charge in [0.2, 0.25) is 11.8 Å². The number of hydrogen-bond donors (Lipinski definition) is 3. The molecule has 0 fully saturated rings. The van der Waals surface area contributed by atoms with Crippen LogP contribution in [0, 0.1) is 0 Å². The van der Waals surface area contributed by atoms with Gasteiger partial charge in [-0.05, 0) is 31.5 Å². The molecular formula is C13H18ClN3O2. The fourth-order valence-corrected chi connectivity index (χ4v) is 1.84. The van der Waals surface area contributed by atoms with Crippen LogP contribution in [-0.2, 0) is 4.79 Å². The van der Waals surface area contributed by atoms with Crippen LogP contribution in [0.4, 0.5) is 5.69 Å². The predicted octanol–water partition coefficient (Wildman–Crippen LogP) is 1.89. The van der Waals surface area contributed by atoms with Crippen LogP contribution in [0.3, 0.4) is 0 Å². The maximum atomic E-state index is 12.0. The predicted molar refractivity (Wildman–Crippen MR) is 76.1 cm³/mol. The van der Waals surface area contributed by atoms with Gasteiger partial charge in [-0.2, -0.15) is 0 Å². The Bertz CT molecular complexity index is 501. The first-order chi connectivity index (χ1) is 8.77. The minimum Gasteiger partial charge on any atom is -0.366 e. The SMILES string of the molecule is CCCC(C)(N)C(=O)Nc1cc(C(N)=O)ccc1Cl. The summed E-state index contributed by atoms with van der Waals surface area (Å²) in [5.74, 6) is -0.936. The molecule has 0 saturated heterocycles. The average Bonchev–Trinajstić information content (AvgIpc) is 2.31. The first kappa shape index (κ1) is 15.5. The molecule has 0 spiro atoms. The molecule has 1 rings (SSSR count). The summed E-state index contributed by atoms with van der Waals surface area (Å²) in [4.78, 5) is 23.1. The molecule has 5 nitrogen and oxygen atoms in total. The Kier molecular flexibility index (Phi) is 4.91. The molecule has 1 aromatic carbocycles. The smallest absolute Gasteiger partial charge is 0.248 e. The molecule has 0 aliphatic rings. The van der Waals surface area contributed by atoms with Crippen molar-refractivity contribution in [3.8, 4) is 0 Å². The molecule has 19 heavy (non-hydrogen) atoms. The fourth-order valence-electron chi connectivity index (χ4n) is 1.67. The largest absolute Gasteiger partial charge is 0.366 e. The van der Waals surface area contributed by atoms with E-state index < -0.39 is 11.4 Å². The van der Waals surface area contributed by atoms with Gasteiger partial charge in [0.15, 0.2) is 0 Å². The number of carbonyl (C=O) groups excluding carboxylic acids is 2. The minimum absolute atomic E-state index is 0.272. The van der Waals surface area contributed by atoms with Gasteiger partial charge in [-0.1, -0.05) is 24.9 Å². The van der Waals surface area contributed by atoms with Gasteiger partial charge >= 0.3 is 0 Å². The molecular weight excluding hydrogens is 266 g/mol. The second kappa shape index (κ2) is 6.04. The topological polar surface area (TPSA) is 98.2 Å². The van der Waals surface area contributed by atoms with E-state index in [0.717, 1.165) is 6.42 Å². The Hall–Kier alpha value is -1.59. The van der Waals surface area contributed by atoms with E-state index in [9.17, 15) is 9.59 Å². The van der Waals surface area contributed by atoms with Crippen LogP contribution in [0.25, 0.3) is 0 Å². The molecule has 0 radical (unpaired) electrons. The normalized spacial score (nSPS) is 13.7. The van der Waals surface area contributed by atoms with Crippen LogP contribution in [0.5, 0.6) is 0 Å². The van der Waals surface area contributed by atoms with Crippen LogP contribution in [0.1, 0.15) is 37.0 Å². The van der Waals surface area contributed by atoms with Crippen molar-refractivity contribution >= 4 is 29.1 Å². The van der Waals surface area contributed by atoms with E-state index in [1.807, 2.05) is 6.92 Å². The summed E-state index contributed by atoms with van der Waals surface area (Å²) in [7, 11) is 0. The number of halogens is 1. The highest BCUT2D eigenvalue weighted by atomic mass is 35.5. The molecule has 0 heterocycles. The van der Waals surface area contributed by atoms with Crippen molar-refractivity contribution in [3.05, 3.63) is 28.8 Å². The lowest BCUT2D eigenvalue weighted by atomic mass is 9.96. The number of nitrogens with one attached hydrogen (secondary N) is 1. The summed E-state index contributed by atoms with van der Waals surface area (Å²) < 4.78 is 0. The molecule has 0 aromatic heterocycles. The third kappa shape index (κ3) is 3.94. The molecule has 104 valence electrons. The van der Waals surface area contributed by atoms with Crippen molar-refractivity contribution in [3.63, 3.8) is 0 Å².